The van der Waals surface area contributed by atoms with Crippen molar-refractivity contribution < 1.29 is 13.4 Å². The molecule has 1 heterocycles. The number of hydrogen-bond acceptors (Lipinski definition) is 2. The molecule has 1 aromatic carbocycles. The predicted octanol–water partition coefficient (Wildman–Crippen LogP) is 2.72. The van der Waals surface area contributed by atoms with Gasteiger partial charge in [0, 0.05) is 11.7 Å². The molecule has 2 rings (SSSR count). The molecule has 1 aliphatic rings. The van der Waals surface area contributed by atoms with E-state index in [0.717, 1.165) is 0 Å². The predicted molar refractivity (Wildman–Crippen MR) is 46.2 cm³/mol. The number of rotatable bonds is 0. The standard InChI is InChI=1S/C9H9F3N2/c10-9-6-5-7-3-1-2-4-8(7)13(11)14(9)12/h1-4,9H,5-6H2. The van der Waals surface area contributed by atoms with E-state index < -0.39 is 11.5 Å². The van der Waals surface area contributed by atoms with Crippen LogP contribution in [0, 0.1) is 0 Å². The number of aryl methyl sites for hydroxylation is 1. The van der Waals surface area contributed by atoms with Crippen molar-refractivity contribution in [3.63, 3.8) is 0 Å². The number of hydrazine groups is 1. The van der Waals surface area contributed by atoms with Crippen molar-refractivity contribution in [1.29, 1.82) is 0 Å². The Labute approximate surface area is 79.4 Å². The van der Waals surface area contributed by atoms with Crippen LogP contribution in [0.5, 0.6) is 0 Å². The van der Waals surface area contributed by atoms with Gasteiger partial charge in [0.15, 0.2) is 0 Å². The summed E-state index contributed by atoms with van der Waals surface area (Å²) in [4.78, 5) is 0. The molecule has 0 fully saturated rings. The van der Waals surface area contributed by atoms with Crippen LogP contribution in [0.4, 0.5) is 19.0 Å². The Balaban J connectivity index is 2.40. The molecule has 0 radical (unpaired) electrons. The molecule has 0 amide bonds. The highest BCUT2D eigenvalue weighted by Gasteiger charge is 2.30. The molecular formula is C9H9F3N2. The molecule has 0 aliphatic carbocycles. The minimum atomic E-state index is -1.92. The van der Waals surface area contributed by atoms with Crippen molar-refractivity contribution in [3.05, 3.63) is 29.8 Å². The summed E-state index contributed by atoms with van der Waals surface area (Å²) in [7, 11) is 0. The van der Waals surface area contributed by atoms with Crippen LogP contribution >= 0.6 is 0 Å². The fourth-order valence-corrected chi connectivity index (χ4v) is 1.50. The Hall–Kier alpha value is -1.23. The lowest BCUT2D eigenvalue weighted by Crippen LogP contribution is -2.34. The van der Waals surface area contributed by atoms with E-state index in [9.17, 15) is 13.4 Å². The van der Waals surface area contributed by atoms with Gasteiger partial charge in [-0.1, -0.05) is 22.7 Å². The van der Waals surface area contributed by atoms with E-state index in [1.165, 1.54) is 6.07 Å². The number of halogens is 3. The zero-order valence-electron chi connectivity index (χ0n) is 7.33. The topological polar surface area (TPSA) is 6.48 Å². The minimum absolute atomic E-state index is 0.0477. The normalized spacial score (nSPS) is 23.1. The Morgan fingerprint density at radius 2 is 1.93 bits per heavy atom. The van der Waals surface area contributed by atoms with Gasteiger partial charge < -0.3 is 0 Å². The molecule has 0 aromatic heterocycles. The maximum Gasteiger partial charge on any atom is 0.204 e. The molecule has 1 aromatic rings. The second-order valence-corrected chi connectivity index (χ2v) is 3.15. The van der Waals surface area contributed by atoms with Crippen molar-refractivity contribution >= 4 is 5.69 Å². The molecule has 1 aliphatic heterocycles. The summed E-state index contributed by atoms with van der Waals surface area (Å²) in [5, 5.41) is -0.807. The van der Waals surface area contributed by atoms with Gasteiger partial charge >= 0.3 is 0 Å². The SMILES string of the molecule is FC1CCc2ccccc2N(F)N1F. The maximum absolute atomic E-state index is 13.2. The number of hydrogen-bond donors (Lipinski definition) is 0. The highest BCUT2D eigenvalue weighted by Crippen LogP contribution is 2.30. The van der Waals surface area contributed by atoms with Crippen LogP contribution in [0.3, 0.4) is 0 Å². The van der Waals surface area contributed by atoms with Gasteiger partial charge in [-0.15, -0.1) is 9.71 Å². The maximum atomic E-state index is 13.2. The molecule has 2 nitrogen and oxygen atoms in total. The average molecular weight is 202 g/mol. The van der Waals surface area contributed by atoms with Gasteiger partial charge in [-0.3, -0.25) is 0 Å². The molecule has 5 heteroatoms. The summed E-state index contributed by atoms with van der Waals surface area (Å²) in [6, 6.07) is 6.37. The molecule has 1 atom stereocenters. The van der Waals surface area contributed by atoms with Crippen molar-refractivity contribution in [3.8, 4) is 0 Å². The van der Waals surface area contributed by atoms with Crippen LogP contribution in [0.25, 0.3) is 0 Å². The molecule has 76 valence electrons. The van der Waals surface area contributed by atoms with Crippen LogP contribution in [-0.2, 0) is 6.42 Å². The van der Waals surface area contributed by atoms with E-state index in [1.54, 1.807) is 18.2 Å². The molecule has 1 unspecified atom stereocenters. The first-order valence-corrected chi connectivity index (χ1v) is 4.33. The van der Waals surface area contributed by atoms with Crippen LogP contribution in [0.2, 0.25) is 0 Å². The molecule has 0 N–H and O–H groups in total. The third kappa shape index (κ3) is 1.43. The second-order valence-electron chi connectivity index (χ2n) is 3.15. The van der Waals surface area contributed by atoms with Gasteiger partial charge in [0.1, 0.15) is 0 Å². The first-order chi connectivity index (χ1) is 6.70. The first kappa shape index (κ1) is 9.33. The highest BCUT2D eigenvalue weighted by molar-refractivity contribution is 5.51. The fraction of sp³-hybridized carbons (Fsp3) is 0.333. The Morgan fingerprint density at radius 3 is 2.71 bits per heavy atom. The van der Waals surface area contributed by atoms with Gasteiger partial charge in [-0.25, -0.2) is 4.39 Å². The van der Waals surface area contributed by atoms with Crippen molar-refractivity contribution in [2.45, 2.75) is 19.1 Å². The molecule has 0 spiro atoms. The smallest absolute Gasteiger partial charge is 0.204 e. The van der Waals surface area contributed by atoms with Crippen LogP contribution in [0.15, 0.2) is 24.3 Å². The van der Waals surface area contributed by atoms with E-state index >= 15 is 0 Å². The number of nitrogens with zero attached hydrogens (tertiary/aromatic N) is 2. The lowest BCUT2D eigenvalue weighted by molar-refractivity contribution is -0.125. The zero-order chi connectivity index (χ0) is 10.1. The Bertz CT molecular complexity index is 332. The van der Waals surface area contributed by atoms with E-state index in [-0.39, 0.29) is 17.3 Å². The monoisotopic (exact) mass is 202 g/mol. The van der Waals surface area contributed by atoms with E-state index in [4.69, 9.17) is 0 Å². The zero-order valence-corrected chi connectivity index (χ0v) is 7.33. The van der Waals surface area contributed by atoms with E-state index in [0.29, 0.717) is 12.0 Å². The van der Waals surface area contributed by atoms with Crippen molar-refractivity contribution in [2.75, 3.05) is 5.23 Å². The average Bonchev–Trinajstić information content (AvgIpc) is 2.32. The van der Waals surface area contributed by atoms with Crippen LogP contribution < -0.4 is 5.23 Å². The number of alkyl halides is 1. The number of fused-ring (bicyclic) bond motifs is 1. The Kier molecular flexibility index (Phi) is 2.33. The summed E-state index contributed by atoms with van der Waals surface area (Å²) < 4.78 is 39.1. The highest BCUT2D eigenvalue weighted by atomic mass is 19.3. The number of para-hydroxylation sites is 1. The number of benzene rings is 1. The molecule has 0 saturated carbocycles. The quantitative estimate of drug-likeness (QED) is 0.471. The lowest BCUT2D eigenvalue weighted by atomic mass is 10.1. The van der Waals surface area contributed by atoms with Gasteiger partial charge in [-0.2, -0.15) is 0 Å². The van der Waals surface area contributed by atoms with Gasteiger partial charge in [-0.05, 0) is 18.1 Å². The summed E-state index contributed by atoms with van der Waals surface area (Å²) in [5.74, 6) is 0. The second kappa shape index (κ2) is 3.49. The van der Waals surface area contributed by atoms with Crippen LogP contribution in [-0.4, -0.2) is 11.5 Å². The minimum Gasteiger partial charge on any atom is -0.225 e. The van der Waals surface area contributed by atoms with Crippen molar-refractivity contribution in [1.82, 2.24) is 5.23 Å². The van der Waals surface area contributed by atoms with E-state index in [2.05, 4.69) is 0 Å². The summed E-state index contributed by atoms with van der Waals surface area (Å²) in [6.07, 6.45) is -1.64. The molecule has 0 saturated heterocycles. The molecule has 0 bridgehead atoms. The summed E-state index contributed by atoms with van der Waals surface area (Å²) in [5.41, 5.74) is 0.674. The van der Waals surface area contributed by atoms with Crippen molar-refractivity contribution in [2.24, 2.45) is 0 Å². The van der Waals surface area contributed by atoms with Gasteiger partial charge in [0.05, 0.1) is 5.69 Å². The van der Waals surface area contributed by atoms with Crippen LogP contribution in [0.1, 0.15) is 12.0 Å². The lowest BCUT2D eigenvalue weighted by Gasteiger charge is -2.20. The first-order valence-electron chi connectivity index (χ1n) is 4.33. The third-order valence-electron chi connectivity index (χ3n) is 2.24. The molecule has 14 heavy (non-hydrogen) atoms. The largest absolute Gasteiger partial charge is 0.225 e. The summed E-state index contributed by atoms with van der Waals surface area (Å²) >= 11 is 0. The number of anilines is 1. The van der Waals surface area contributed by atoms with Gasteiger partial charge in [0.25, 0.3) is 0 Å². The summed E-state index contributed by atoms with van der Waals surface area (Å²) in [6.45, 7) is 0. The molecular weight excluding hydrogens is 193 g/mol. The Morgan fingerprint density at radius 1 is 1.21 bits per heavy atom. The van der Waals surface area contributed by atoms with E-state index in [1.807, 2.05) is 0 Å². The fourth-order valence-electron chi connectivity index (χ4n) is 1.50. The third-order valence-corrected chi connectivity index (χ3v) is 2.24. The van der Waals surface area contributed by atoms with Gasteiger partial charge in [0.2, 0.25) is 6.30 Å².